The van der Waals surface area contributed by atoms with E-state index in [1.807, 2.05) is 30.5 Å². The average Bonchev–Trinajstić information content (AvgIpc) is 2.33. The summed E-state index contributed by atoms with van der Waals surface area (Å²) in [5, 5.41) is 9.40. The highest BCUT2D eigenvalue weighted by Crippen LogP contribution is 2.32. The van der Waals surface area contributed by atoms with Crippen LogP contribution >= 0.6 is 11.8 Å². The molecule has 1 rings (SSSR count). The Bertz CT molecular complexity index is 466. The summed E-state index contributed by atoms with van der Waals surface area (Å²) in [6, 6.07) is 8.33. The van der Waals surface area contributed by atoms with Gasteiger partial charge in [0.2, 0.25) is 0 Å². The van der Waals surface area contributed by atoms with Crippen molar-refractivity contribution in [1.29, 1.82) is 5.26 Å². The van der Waals surface area contributed by atoms with Gasteiger partial charge in [0.1, 0.15) is 6.07 Å². The lowest BCUT2D eigenvalue weighted by Crippen LogP contribution is -2.42. The van der Waals surface area contributed by atoms with Crippen molar-refractivity contribution in [2.75, 3.05) is 17.7 Å². The maximum atomic E-state index is 9.40. The second kappa shape index (κ2) is 5.97. The van der Waals surface area contributed by atoms with Crippen molar-refractivity contribution in [1.82, 2.24) is 0 Å². The van der Waals surface area contributed by atoms with Crippen LogP contribution in [0.25, 0.3) is 0 Å². The lowest BCUT2D eigenvalue weighted by atomic mass is 10.0. The maximum absolute atomic E-state index is 9.40. The number of benzene rings is 1. The molecule has 0 radical (unpaired) electrons. The van der Waals surface area contributed by atoms with Gasteiger partial charge in [-0.1, -0.05) is 12.1 Å². The third-order valence-corrected chi connectivity index (χ3v) is 3.53. The summed E-state index contributed by atoms with van der Waals surface area (Å²) in [5.41, 5.74) is 1.69. The van der Waals surface area contributed by atoms with E-state index < -0.39 is 0 Å². The number of nitriles is 1. The van der Waals surface area contributed by atoms with E-state index in [4.69, 9.17) is 0 Å². The van der Waals surface area contributed by atoms with Crippen molar-refractivity contribution in [3.05, 3.63) is 36.4 Å². The largest absolute Gasteiger partial charge is 0.362 e. The van der Waals surface area contributed by atoms with E-state index in [-0.39, 0.29) is 5.54 Å². The van der Waals surface area contributed by atoms with E-state index in [2.05, 4.69) is 38.3 Å². The summed E-state index contributed by atoms with van der Waals surface area (Å²) in [5.74, 6) is 0. The summed E-state index contributed by atoms with van der Waals surface area (Å²) in [6.45, 7) is 11.0. The van der Waals surface area contributed by atoms with Gasteiger partial charge < -0.3 is 4.90 Å². The normalized spacial score (nSPS) is 10.8. The Morgan fingerprint density at radius 3 is 2.56 bits per heavy atom. The molecular formula is C15H20N2S. The Hall–Kier alpha value is -1.40. The fraction of sp³-hybridized carbons (Fsp3) is 0.400. The van der Waals surface area contributed by atoms with Gasteiger partial charge in [0.05, 0.1) is 11.3 Å². The Morgan fingerprint density at radius 1 is 1.44 bits per heavy atom. The summed E-state index contributed by atoms with van der Waals surface area (Å²) in [7, 11) is 0. The van der Waals surface area contributed by atoms with Crippen LogP contribution in [0.1, 0.15) is 26.3 Å². The average molecular weight is 260 g/mol. The van der Waals surface area contributed by atoms with Gasteiger partial charge in [-0.3, -0.25) is 0 Å². The van der Waals surface area contributed by atoms with Gasteiger partial charge in [0, 0.05) is 17.0 Å². The van der Waals surface area contributed by atoms with Gasteiger partial charge in [-0.25, -0.2) is 0 Å². The minimum Gasteiger partial charge on any atom is -0.362 e. The molecule has 2 nitrogen and oxygen atoms in total. The van der Waals surface area contributed by atoms with Crippen LogP contribution in [0, 0.1) is 11.3 Å². The van der Waals surface area contributed by atoms with Crippen molar-refractivity contribution < 1.29 is 0 Å². The molecule has 3 heteroatoms. The van der Waals surface area contributed by atoms with Gasteiger partial charge in [-0.2, -0.15) is 5.26 Å². The van der Waals surface area contributed by atoms with E-state index in [1.54, 1.807) is 11.8 Å². The number of rotatable bonds is 4. The van der Waals surface area contributed by atoms with E-state index in [1.165, 1.54) is 0 Å². The number of hydrogen-bond donors (Lipinski definition) is 0. The molecule has 18 heavy (non-hydrogen) atoms. The smallest absolute Gasteiger partial charge is 0.103 e. The van der Waals surface area contributed by atoms with E-state index >= 15 is 0 Å². The van der Waals surface area contributed by atoms with Crippen LogP contribution in [-0.2, 0) is 0 Å². The van der Waals surface area contributed by atoms with Crippen molar-refractivity contribution in [3.63, 3.8) is 0 Å². The molecular weight excluding hydrogens is 240 g/mol. The van der Waals surface area contributed by atoms with Crippen LogP contribution < -0.4 is 4.90 Å². The van der Waals surface area contributed by atoms with Crippen LogP contribution in [0.15, 0.2) is 35.7 Å². The van der Waals surface area contributed by atoms with Crippen LogP contribution in [0.2, 0.25) is 0 Å². The lowest BCUT2D eigenvalue weighted by molar-refractivity contribution is 0.521. The maximum Gasteiger partial charge on any atom is 0.103 e. The van der Waals surface area contributed by atoms with Crippen LogP contribution in [-0.4, -0.2) is 18.3 Å². The first kappa shape index (κ1) is 14.7. The van der Waals surface area contributed by atoms with Gasteiger partial charge in [0.25, 0.3) is 0 Å². The predicted molar refractivity (Wildman–Crippen MR) is 80.2 cm³/mol. The number of hydrogen-bond acceptors (Lipinski definition) is 3. The Balaban J connectivity index is 3.37. The van der Waals surface area contributed by atoms with Gasteiger partial charge >= 0.3 is 0 Å². The number of nitrogens with zero attached hydrogens (tertiary/aromatic N) is 2. The van der Waals surface area contributed by atoms with Crippen LogP contribution in [0.4, 0.5) is 5.69 Å². The molecule has 0 spiro atoms. The highest BCUT2D eigenvalue weighted by atomic mass is 32.2. The summed E-state index contributed by atoms with van der Waals surface area (Å²) in [6.07, 6.45) is 3.87. The molecule has 0 aliphatic carbocycles. The minimum atomic E-state index is -0.0448. The molecule has 0 fully saturated rings. The topological polar surface area (TPSA) is 27.0 Å². The third-order valence-electron chi connectivity index (χ3n) is 2.75. The zero-order chi connectivity index (χ0) is 13.8. The molecule has 0 saturated heterocycles. The highest BCUT2D eigenvalue weighted by Gasteiger charge is 2.23. The van der Waals surface area contributed by atoms with E-state index in [9.17, 15) is 5.26 Å². The van der Waals surface area contributed by atoms with Gasteiger partial charge in [-0.15, -0.1) is 18.3 Å². The van der Waals surface area contributed by atoms with Crippen molar-refractivity contribution in [2.24, 2.45) is 0 Å². The monoisotopic (exact) mass is 260 g/mol. The van der Waals surface area contributed by atoms with E-state index in [0.717, 1.165) is 22.7 Å². The zero-order valence-electron chi connectivity index (χ0n) is 11.5. The summed E-state index contributed by atoms with van der Waals surface area (Å²) in [4.78, 5) is 3.23. The SMILES string of the molecule is C=CCN(c1cccc(SC)c1C#N)C(C)(C)C. The van der Waals surface area contributed by atoms with Crippen molar-refractivity contribution in [2.45, 2.75) is 31.2 Å². The Labute approximate surface area is 114 Å². The lowest BCUT2D eigenvalue weighted by Gasteiger charge is -2.37. The molecule has 1 aromatic rings. The summed E-state index contributed by atoms with van der Waals surface area (Å²) < 4.78 is 0. The molecule has 0 aliphatic rings. The van der Waals surface area contributed by atoms with E-state index in [0.29, 0.717) is 0 Å². The Kier molecular flexibility index (Phi) is 4.86. The molecule has 0 heterocycles. The quantitative estimate of drug-likeness (QED) is 0.603. The zero-order valence-corrected chi connectivity index (χ0v) is 12.3. The number of anilines is 1. The van der Waals surface area contributed by atoms with Crippen LogP contribution in [0.3, 0.4) is 0 Å². The molecule has 0 atom stereocenters. The van der Waals surface area contributed by atoms with Gasteiger partial charge in [-0.05, 0) is 39.2 Å². The first-order valence-corrected chi connectivity index (χ1v) is 7.13. The van der Waals surface area contributed by atoms with Gasteiger partial charge in [0.15, 0.2) is 0 Å². The standard InChI is InChI=1S/C15H20N2S/c1-6-10-17(15(2,3)4)13-8-7-9-14(18-5)12(13)11-16/h6-9H,1,10H2,2-5H3. The predicted octanol–water partition coefficient (Wildman–Crippen LogP) is 4.07. The molecule has 96 valence electrons. The minimum absolute atomic E-state index is 0.0448. The van der Waals surface area contributed by atoms with Crippen molar-refractivity contribution >= 4 is 17.4 Å². The molecule has 0 aliphatic heterocycles. The molecule has 0 aromatic heterocycles. The molecule has 0 unspecified atom stereocenters. The van der Waals surface area contributed by atoms with Crippen molar-refractivity contribution in [3.8, 4) is 6.07 Å². The molecule has 0 saturated carbocycles. The fourth-order valence-corrected chi connectivity index (χ4v) is 2.46. The first-order chi connectivity index (χ1) is 8.45. The Morgan fingerprint density at radius 2 is 2.11 bits per heavy atom. The first-order valence-electron chi connectivity index (χ1n) is 5.91. The molecule has 0 amide bonds. The van der Waals surface area contributed by atoms with Crippen LogP contribution in [0.5, 0.6) is 0 Å². The molecule has 0 N–H and O–H groups in total. The second-order valence-electron chi connectivity index (χ2n) is 5.04. The second-order valence-corrected chi connectivity index (χ2v) is 5.88. The highest BCUT2D eigenvalue weighted by molar-refractivity contribution is 7.98. The molecule has 0 bridgehead atoms. The number of thioether (sulfide) groups is 1. The third kappa shape index (κ3) is 3.08. The summed E-state index contributed by atoms with van der Waals surface area (Å²) >= 11 is 1.61. The fourth-order valence-electron chi connectivity index (χ4n) is 1.89. The molecule has 1 aromatic carbocycles.